The van der Waals surface area contributed by atoms with Gasteiger partial charge in [0.05, 0.1) is 4.99 Å². The molecule has 5 aliphatic rings. The van der Waals surface area contributed by atoms with Gasteiger partial charge >= 0.3 is 0 Å². The highest BCUT2D eigenvalue weighted by Gasteiger charge is 2.61. The van der Waals surface area contributed by atoms with Crippen LogP contribution in [0.1, 0.15) is 63.4 Å². The molecule has 6 rings (SSSR count). The Labute approximate surface area is 186 Å². The monoisotopic (exact) mass is 430 g/mol. The molecule has 2 nitrogen and oxygen atoms in total. The van der Waals surface area contributed by atoms with Gasteiger partial charge in [0.2, 0.25) is 0 Å². The summed E-state index contributed by atoms with van der Waals surface area (Å²) < 4.78 is 0. The summed E-state index contributed by atoms with van der Waals surface area (Å²) in [5, 5.41) is 3.83. The lowest BCUT2D eigenvalue weighted by Crippen LogP contribution is -2.61. The van der Waals surface area contributed by atoms with Crippen LogP contribution in [0.25, 0.3) is 0 Å². The summed E-state index contributed by atoms with van der Waals surface area (Å²) in [5.41, 5.74) is 8.07. The van der Waals surface area contributed by atoms with Crippen molar-refractivity contribution in [2.45, 2.75) is 69.2 Å². The van der Waals surface area contributed by atoms with Crippen molar-refractivity contribution in [3.8, 4) is 0 Å². The lowest BCUT2D eigenvalue weighted by Gasteiger charge is -2.65. The number of hydrogen-bond donors (Lipinski definition) is 2. The van der Waals surface area contributed by atoms with Crippen molar-refractivity contribution in [2.75, 3.05) is 12.4 Å². The van der Waals surface area contributed by atoms with Gasteiger partial charge in [-0.2, -0.15) is 0 Å². The second kappa shape index (κ2) is 7.80. The van der Waals surface area contributed by atoms with Crippen LogP contribution in [0.3, 0.4) is 0 Å². The Morgan fingerprint density at radius 3 is 2.28 bits per heavy atom. The summed E-state index contributed by atoms with van der Waals surface area (Å²) in [6, 6.07) is 11.8. The van der Waals surface area contributed by atoms with Gasteiger partial charge in [0.15, 0.2) is 0 Å². The SMILES string of the molecule is NCC1CCC(NC(=S)C2C3CC4(CCl)CC2CC(c2ccccc2)(C3)C4)CC1. The number of hydrogen-bond acceptors (Lipinski definition) is 2. The van der Waals surface area contributed by atoms with Crippen molar-refractivity contribution in [2.24, 2.45) is 34.8 Å². The van der Waals surface area contributed by atoms with Gasteiger partial charge in [0, 0.05) is 17.8 Å². The average molecular weight is 431 g/mol. The molecule has 1 aromatic carbocycles. The molecule has 5 saturated carbocycles. The van der Waals surface area contributed by atoms with Crippen molar-refractivity contribution in [3.05, 3.63) is 35.9 Å². The average Bonchev–Trinajstić information content (AvgIpc) is 2.74. The van der Waals surface area contributed by atoms with E-state index in [-0.39, 0.29) is 0 Å². The molecule has 2 atom stereocenters. The van der Waals surface area contributed by atoms with Crippen molar-refractivity contribution in [1.82, 2.24) is 5.32 Å². The molecule has 1 aromatic rings. The van der Waals surface area contributed by atoms with Crippen LogP contribution >= 0.6 is 23.8 Å². The van der Waals surface area contributed by atoms with E-state index in [4.69, 9.17) is 29.6 Å². The van der Waals surface area contributed by atoms with Crippen molar-refractivity contribution in [1.29, 1.82) is 0 Å². The van der Waals surface area contributed by atoms with Gasteiger partial charge in [-0.1, -0.05) is 42.5 Å². The maximum absolute atomic E-state index is 6.62. The van der Waals surface area contributed by atoms with Gasteiger partial charge < -0.3 is 11.1 Å². The first-order valence-corrected chi connectivity index (χ1v) is 12.6. The third-order valence-electron chi connectivity index (χ3n) is 8.92. The molecule has 0 aliphatic heterocycles. The minimum Gasteiger partial charge on any atom is -0.377 e. The van der Waals surface area contributed by atoms with E-state index in [9.17, 15) is 0 Å². The maximum atomic E-state index is 6.62. The predicted octanol–water partition coefficient (Wildman–Crippen LogP) is 5.42. The van der Waals surface area contributed by atoms with Crippen LogP contribution in [0, 0.1) is 29.1 Å². The summed E-state index contributed by atoms with van der Waals surface area (Å²) in [4.78, 5) is 1.17. The molecule has 29 heavy (non-hydrogen) atoms. The molecule has 0 heterocycles. The van der Waals surface area contributed by atoms with Gasteiger partial charge in [0.25, 0.3) is 0 Å². The Kier molecular flexibility index (Phi) is 5.45. The number of halogens is 1. The molecular formula is C25H35ClN2S. The highest BCUT2D eigenvalue weighted by Crippen LogP contribution is 2.67. The number of benzene rings is 1. The predicted molar refractivity (Wildman–Crippen MR) is 125 cm³/mol. The van der Waals surface area contributed by atoms with Crippen LogP contribution in [-0.2, 0) is 5.41 Å². The van der Waals surface area contributed by atoms with Gasteiger partial charge in [-0.3, -0.25) is 0 Å². The molecule has 0 saturated heterocycles. The largest absolute Gasteiger partial charge is 0.377 e. The summed E-state index contributed by atoms with van der Waals surface area (Å²) >= 11 is 12.7. The van der Waals surface area contributed by atoms with E-state index < -0.39 is 0 Å². The number of alkyl halides is 1. The zero-order chi connectivity index (χ0) is 20.1. The molecule has 2 unspecified atom stereocenters. The Morgan fingerprint density at radius 1 is 1.03 bits per heavy atom. The zero-order valence-corrected chi connectivity index (χ0v) is 19.0. The number of nitrogens with one attached hydrogen (secondary N) is 1. The van der Waals surface area contributed by atoms with E-state index in [0.717, 1.165) is 18.3 Å². The molecule has 0 aromatic heterocycles. The minimum absolute atomic E-state index is 0.327. The van der Waals surface area contributed by atoms with E-state index in [1.165, 1.54) is 62.8 Å². The highest BCUT2D eigenvalue weighted by molar-refractivity contribution is 7.80. The summed E-state index contributed by atoms with van der Waals surface area (Å²) in [5.74, 6) is 3.47. The molecule has 4 bridgehead atoms. The second-order valence-electron chi connectivity index (χ2n) is 10.8. The highest BCUT2D eigenvalue weighted by atomic mass is 35.5. The lowest BCUT2D eigenvalue weighted by atomic mass is 9.40. The fourth-order valence-electron chi connectivity index (χ4n) is 7.88. The van der Waals surface area contributed by atoms with Crippen LogP contribution in [0.15, 0.2) is 30.3 Å². The van der Waals surface area contributed by atoms with Crippen LogP contribution in [0.4, 0.5) is 0 Å². The Hall–Kier alpha value is -0.640. The van der Waals surface area contributed by atoms with E-state index in [0.29, 0.717) is 34.6 Å². The summed E-state index contributed by atoms with van der Waals surface area (Å²) in [6.07, 6.45) is 11.4. The van der Waals surface area contributed by atoms with Crippen LogP contribution in [0.2, 0.25) is 0 Å². The van der Waals surface area contributed by atoms with Gasteiger partial charge in [-0.25, -0.2) is 0 Å². The normalized spacial score (nSPS) is 43.3. The molecule has 4 heteroatoms. The summed E-state index contributed by atoms with van der Waals surface area (Å²) in [7, 11) is 0. The fraction of sp³-hybridized carbons (Fsp3) is 0.720. The van der Waals surface area contributed by atoms with Crippen molar-refractivity contribution >= 4 is 28.8 Å². The van der Waals surface area contributed by atoms with Gasteiger partial charge in [-0.05, 0) is 98.5 Å². The third-order valence-corrected chi connectivity index (χ3v) is 9.88. The minimum atomic E-state index is 0.327. The molecular weight excluding hydrogens is 396 g/mol. The first-order chi connectivity index (χ1) is 14.1. The second-order valence-corrected chi connectivity index (χ2v) is 11.5. The molecule has 0 amide bonds. The van der Waals surface area contributed by atoms with E-state index in [1.807, 2.05) is 0 Å². The van der Waals surface area contributed by atoms with Crippen LogP contribution in [0.5, 0.6) is 0 Å². The fourth-order valence-corrected chi connectivity index (χ4v) is 8.74. The molecule has 0 radical (unpaired) electrons. The maximum Gasteiger partial charge on any atom is 0.0792 e. The van der Waals surface area contributed by atoms with E-state index in [2.05, 4.69) is 35.6 Å². The van der Waals surface area contributed by atoms with Crippen LogP contribution < -0.4 is 11.1 Å². The molecule has 158 valence electrons. The van der Waals surface area contributed by atoms with Crippen molar-refractivity contribution in [3.63, 3.8) is 0 Å². The van der Waals surface area contributed by atoms with E-state index >= 15 is 0 Å². The number of thiocarbonyl (C=S) groups is 1. The van der Waals surface area contributed by atoms with Gasteiger partial charge in [0.1, 0.15) is 0 Å². The zero-order valence-electron chi connectivity index (χ0n) is 17.4. The Morgan fingerprint density at radius 2 is 1.69 bits per heavy atom. The first kappa shape index (κ1) is 20.3. The van der Waals surface area contributed by atoms with Crippen molar-refractivity contribution < 1.29 is 0 Å². The number of rotatable bonds is 5. The Balaban J connectivity index is 1.34. The molecule has 3 N–H and O–H groups in total. The summed E-state index contributed by atoms with van der Waals surface area (Å²) in [6.45, 7) is 0.839. The first-order valence-electron chi connectivity index (χ1n) is 11.7. The quantitative estimate of drug-likeness (QED) is 0.483. The van der Waals surface area contributed by atoms with Gasteiger partial charge in [-0.15, -0.1) is 11.6 Å². The van der Waals surface area contributed by atoms with Crippen LogP contribution in [-0.4, -0.2) is 23.5 Å². The standard InChI is InChI=1S/C25H35ClN2S/c26-16-24-10-18-12-25(15-24,20-4-2-1-3-5-20)13-19(11-24)22(18)23(29)28-21-8-6-17(14-27)7-9-21/h1-5,17-19,21-22H,6-16,27H2,(H,28,29). The number of nitrogens with two attached hydrogens (primary N) is 1. The molecule has 5 aliphatic carbocycles. The molecule has 0 spiro atoms. The third kappa shape index (κ3) is 3.55. The smallest absolute Gasteiger partial charge is 0.0792 e. The lowest BCUT2D eigenvalue weighted by molar-refractivity contribution is -0.0810. The topological polar surface area (TPSA) is 38.0 Å². The van der Waals surface area contributed by atoms with E-state index in [1.54, 1.807) is 5.56 Å². The molecule has 5 fully saturated rings. The Bertz CT molecular complexity index is 726.